The molecule has 0 radical (unpaired) electrons. The second kappa shape index (κ2) is 6.86. The van der Waals surface area contributed by atoms with Crippen LogP contribution < -0.4 is 10.1 Å². The highest BCUT2D eigenvalue weighted by molar-refractivity contribution is 9.10. The highest BCUT2D eigenvalue weighted by atomic mass is 79.9. The van der Waals surface area contributed by atoms with Gasteiger partial charge in [-0.25, -0.2) is 0 Å². The third-order valence-corrected chi connectivity index (χ3v) is 5.66. The maximum absolute atomic E-state index is 6.20. The first-order valence-corrected chi connectivity index (χ1v) is 8.85. The standard InChI is InChI=1S/C17H18BrNOS/c1-19-14(10-12-6-2-3-7-13(12)18)16-11-21-17-9-5-4-8-15(17)20-16/h2-9,14,16,19H,10-11H2,1H3. The van der Waals surface area contributed by atoms with Crippen LogP contribution in [0.15, 0.2) is 57.9 Å². The van der Waals surface area contributed by atoms with Crippen molar-refractivity contribution in [3.05, 3.63) is 58.6 Å². The molecule has 0 spiro atoms. The number of hydrogen-bond donors (Lipinski definition) is 1. The van der Waals surface area contributed by atoms with Gasteiger partial charge in [0.2, 0.25) is 0 Å². The lowest BCUT2D eigenvalue weighted by Gasteiger charge is -2.32. The zero-order valence-corrected chi connectivity index (χ0v) is 14.3. The van der Waals surface area contributed by atoms with E-state index in [-0.39, 0.29) is 6.10 Å². The number of hydrogen-bond acceptors (Lipinski definition) is 3. The fraction of sp³-hybridized carbons (Fsp3) is 0.294. The van der Waals surface area contributed by atoms with Crippen molar-refractivity contribution < 1.29 is 4.74 Å². The third-order valence-electron chi connectivity index (χ3n) is 3.75. The number of fused-ring (bicyclic) bond motifs is 1. The van der Waals surface area contributed by atoms with Gasteiger partial charge < -0.3 is 10.1 Å². The Kier molecular flexibility index (Phi) is 4.88. The number of ether oxygens (including phenoxy) is 1. The van der Waals surface area contributed by atoms with Crippen LogP contribution in [0.25, 0.3) is 0 Å². The molecule has 0 bridgehead atoms. The largest absolute Gasteiger partial charge is 0.487 e. The van der Waals surface area contributed by atoms with E-state index >= 15 is 0 Å². The van der Waals surface area contributed by atoms with Crippen LogP contribution in [0.3, 0.4) is 0 Å². The van der Waals surface area contributed by atoms with Crippen LogP contribution in [-0.2, 0) is 6.42 Å². The maximum atomic E-state index is 6.20. The van der Waals surface area contributed by atoms with Crippen LogP contribution in [0.5, 0.6) is 5.75 Å². The fourth-order valence-corrected chi connectivity index (χ4v) is 4.08. The van der Waals surface area contributed by atoms with Gasteiger partial charge in [-0.1, -0.05) is 46.3 Å². The third kappa shape index (κ3) is 3.44. The van der Waals surface area contributed by atoms with E-state index in [2.05, 4.69) is 57.6 Å². The molecule has 2 aromatic carbocycles. The van der Waals surface area contributed by atoms with E-state index in [0.29, 0.717) is 6.04 Å². The first kappa shape index (κ1) is 14.9. The van der Waals surface area contributed by atoms with Crippen molar-refractivity contribution in [1.29, 1.82) is 0 Å². The van der Waals surface area contributed by atoms with E-state index < -0.39 is 0 Å². The molecule has 0 saturated heterocycles. The molecule has 4 heteroatoms. The summed E-state index contributed by atoms with van der Waals surface area (Å²) < 4.78 is 7.36. The number of thioether (sulfide) groups is 1. The van der Waals surface area contributed by atoms with Gasteiger partial charge in [0, 0.05) is 21.2 Å². The molecular weight excluding hydrogens is 346 g/mol. The summed E-state index contributed by atoms with van der Waals surface area (Å²) in [7, 11) is 2.01. The Morgan fingerprint density at radius 1 is 1.24 bits per heavy atom. The van der Waals surface area contributed by atoms with Crippen LogP contribution in [0.1, 0.15) is 5.56 Å². The van der Waals surface area contributed by atoms with Crippen molar-refractivity contribution in [2.75, 3.05) is 12.8 Å². The zero-order valence-electron chi connectivity index (χ0n) is 11.9. The minimum atomic E-state index is 0.182. The van der Waals surface area contributed by atoms with Gasteiger partial charge in [0.15, 0.2) is 0 Å². The highest BCUT2D eigenvalue weighted by Gasteiger charge is 2.27. The number of nitrogens with one attached hydrogen (secondary N) is 1. The summed E-state index contributed by atoms with van der Waals surface area (Å²) in [5, 5.41) is 3.42. The molecule has 1 aliphatic rings. The molecule has 0 amide bonds. The Hall–Kier alpha value is -0.970. The predicted octanol–water partition coefficient (Wildman–Crippen LogP) is 4.13. The van der Waals surface area contributed by atoms with Gasteiger partial charge in [0.1, 0.15) is 11.9 Å². The van der Waals surface area contributed by atoms with E-state index in [1.54, 1.807) is 0 Å². The number of likely N-dealkylation sites (N-methyl/N-ethyl adjacent to an activating group) is 1. The highest BCUT2D eigenvalue weighted by Crippen LogP contribution is 2.36. The van der Waals surface area contributed by atoms with Crippen LogP contribution in [-0.4, -0.2) is 24.9 Å². The first-order chi connectivity index (χ1) is 10.3. The molecule has 0 aromatic heterocycles. The molecule has 110 valence electrons. The summed E-state index contributed by atoms with van der Waals surface area (Å²) in [6, 6.07) is 17.0. The minimum Gasteiger partial charge on any atom is -0.487 e. The van der Waals surface area contributed by atoms with E-state index in [9.17, 15) is 0 Å². The van der Waals surface area contributed by atoms with Gasteiger partial charge in [0.05, 0.1) is 0 Å². The van der Waals surface area contributed by atoms with Crippen molar-refractivity contribution in [2.24, 2.45) is 0 Å². The van der Waals surface area contributed by atoms with Gasteiger partial charge >= 0.3 is 0 Å². The average molecular weight is 364 g/mol. The molecule has 2 aromatic rings. The van der Waals surface area contributed by atoms with Crippen LogP contribution in [0.4, 0.5) is 0 Å². The van der Waals surface area contributed by atoms with Crippen molar-refractivity contribution in [3.63, 3.8) is 0 Å². The molecule has 2 nitrogen and oxygen atoms in total. The number of para-hydroxylation sites is 1. The molecule has 2 atom stereocenters. The van der Waals surface area contributed by atoms with Gasteiger partial charge in [-0.15, -0.1) is 11.8 Å². The van der Waals surface area contributed by atoms with Gasteiger partial charge in [0.25, 0.3) is 0 Å². The second-order valence-corrected chi connectivity index (χ2v) is 7.02. The van der Waals surface area contributed by atoms with E-state index in [1.165, 1.54) is 10.5 Å². The molecule has 1 heterocycles. The first-order valence-electron chi connectivity index (χ1n) is 7.07. The van der Waals surface area contributed by atoms with Gasteiger partial charge in [-0.2, -0.15) is 0 Å². The number of rotatable bonds is 4. The van der Waals surface area contributed by atoms with Crippen molar-refractivity contribution in [1.82, 2.24) is 5.32 Å². The lowest BCUT2D eigenvalue weighted by Crippen LogP contribution is -2.45. The normalized spacial score (nSPS) is 18.7. The average Bonchev–Trinajstić information content (AvgIpc) is 2.54. The molecule has 0 aliphatic carbocycles. The quantitative estimate of drug-likeness (QED) is 0.881. The summed E-state index contributed by atoms with van der Waals surface area (Å²) in [5.41, 5.74) is 1.31. The van der Waals surface area contributed by atoms with E-state index in [4.69, 9.17) is 4.74 Å². The minimum absolute atomic E-state index is 0.182. The van der Waals surface area contributed by atoms with Gasteiger partial charge in [-0.05, 0) is 37.2 Å². The Morgan fingerprint density at radius 3 is 2.81 bits per heavy atom. The summed E-state index contributed by atoms with van der Waals surface area (Å²) in [6.07, 6.45) is 1.13. The number of benzene rings is 2. The van der Waals surface area contributed by atoms with Gasteiger partial charge in [-0.3, -0.25) is 0 Å². The lowest BCUT2D eigenvalue weighted by atomic mass is 10.0. The molecule has 3 rings (SSSR count). The summed E-state index contributed by atoms with van der Waals surface area (Å²) in [5.74, 6) is 1.98. The topological polar surface area (TPSA) is 21.3 Å². The lowest BCUT2D eigenvalue weighted by molar-refractivity contribution is 0.169. The Labute approximate surface area is 138 Å². The Morgan fingerprint density at radius 2 is 2.00 bits per heavy atom. The maximum Gasteiger partial charge on any atom is 0.133 e. The summed E-state index contributed by atoms with van der Waals surface area (Å²) >= 11 is 5.51. The van der Waals surface area contributed by atoms with Crippen LogP contribution >= 0.6 is 27.7 Å². The molecule has 21 heavy (non-hydrogen) atoms. The van der Waals surface area contributed by atoms with Crippen LogP contribution in [0.2, 0.25) is 0 Å². The van der Waals surface area contributed by atoms with E-state index in [0.717, 1.165) is 22.4 Å². The monoisotopic (exact) mass is 363 g/mol. The second-order valence-electron chi connectivity index (χ2n) is 5.10. The molecular formula is C17H18BrNOS. The molecule has 0 saturated carbocycles. The van der Waals surface area contributed by atoms with Crippen molar-refractivity contribution in [2.45, 2.75) is 23.5 Å². The van der Waals surface area contributed by atoms with Crippen LogP contribution in [0, 0.1) is 0 Å². The Balaban J connectivity index is 1.74. The SMILES string of the molecule is CNC(Cc1ccccc1Br)C1CSc2ccccc2O1. The Bertz CT molecular complexity index is 619. The smallest absolute Gasteiger partial charge is 0.133 e. The zero-order chi connectivity index (χ0) is 14.7. The fourth-order valence-electron chi connectivity index (χ4n) is 2.55. The molecule has 1 aliphatic heterocycles. The summed E-state index contributed by atoms with van der Waals surface area (Å²) in [4.78, 5) is 1.24. The summed E-state index contributed by atoms with van der Waals surface area (Å²) in [6.45, 7) is 0. The number of halogens is 1. The molecule has 1 N–H and O–H groups in total. The van der Waals surface area contributed by atoms with E-state index in [1.807, 2.05) is 30.9 Å². The molecule has 0 fully saturated rings. The van der Waals surface area contributed by atoms with Crippen molar-refractivity contribution >= 4 is 27.7 Å². The van der Waals surface area contributed by atoms with Crippen molar-refractivity contribution in [3.8, 4) is 5.75 Å². The predicted molar refractivity (Wildman–Crippen MR) is 92.3 cm³/mol. The molecule has 2 unspecified atom stereocenters.